The van der Waals surface area contributed by atoms with E-state index in [1.165, 1.54) is 32.1 Å². The van der Waals surface area contributed by atoms with E-state index in [4.69, 9.17) is 5.73 Å². The lowest BCUT2D eigenvalue weighted by molar-refractivity contribution is -0.0120. The summed E-state index contributed by atoms with van der Waals surface area (Å²) in [5.41, 5.74) is 5.87. The third kappa shape index (κ3) is 1.96. The highest BCUT2D eigenvalue weighted by Crippen LogP contribution is 2.53. The van der Waals surface area contributed by atoms with Gasteiger partial charge >= 0.3 is 0 Å². The summed E-state index contributed by atoms with van der Waals surface area (Å²) in [5.74, 6) is 3.43. The minimum Gasteiger partial charge on any atom is -0.382 e. The van der Waals surface area contributed by atoms with Crippen molar-refractivity contribution in [2.24, 2.45) is 23.7 Å². The third-order valence-corrected chi connectivity index (χ3v) is 5.44. The Bertz CT molecular complexity index is 499. The third-order valence-electron chi connectivity index (χ3n) is 5.44. The molecule has 0 saturated heterocycles. The Morgan fingerprint density at radius 1 is 1.05 bits per heavy atom. The molecule has 5 rings (SSSR count). The minimum absolute atomic E-state index is 0.102. The number of anilines is 1. The summed E-state index contributed by atoms with van der Waals surface area (Å²) in [7, 11) is 0. The standard InChI is InChI=1S/C15H20N4O/c16-13-2-1-12(18-19-13)15(20)17-14-10-4-8-3-9(6-10)7-11(14)5-8/h1-2,8-11,14H,3-7H2,(H2,16,19)(H,17,20). The molecule has 4 bridgehead atoms. The summed E-state index contributed by atoms with van der Waals surface area (Å²) in [5, 5.41) is 10.8. The van der Waals surface area contributed by atoms with Crippen molar-refractivity contribution < 1.29 is 4.79 Å². The van der Waals surface area contributed by atoms with Crippen molar-refractivity contribution in [2.75, 3.05) is 5.73 Å². The maximum absolute atomic E-state index is 12.3. The fourth-order valence-corrected chi connectivity index (χ4v) is 4.85. The number of hydrogen-bond donors (Lipinski definition) is 2. The molecule has 0 spiro atoms. The first kappa shape index (κ1) is 12.1. The van der Waals surface area contributed by atoms with E-state index in [2.05, 4.69) is 15.5 Å². The Balaban J connectivity index is 1.49. The van der Waals surface area contributed by atoms with Gasteiger partial charge in [-0.05, 0) is 67.9 Å². The van der Waals surface area contributed by atoms with Gasteiger partial charge in [-0.2, -0.15) is 0 Å². The van der Waals surface area contributed by atoms with E-state index in [0.29, 0.717) is 29.4 Å². The van der Waals surface area contributed by atoms with Crippen LogP contribution in [0.25, 0.3) is 0 Å². The van der Waals surface area contributed by atoms with Crippen molar-refractivity contribution >= 4 is 11.7 Å². The summed E-state index contributed by atoms with van der Waals surface area (Å²) < 4.78 is 0. The van der Waals surface area contributed by atoms with Crippen molar-refractivity contribution in [3.05, 3.63) is 17.8 Å². The normalized spacial score (nSPS) is 37.9. The van der Waals surface area contributed by atoms with E-state index in [1.807, 2.05) is 0 Å². The fourth-order valence-electron chi connectivity index (χ4n) is 4.85. The molecule has 1 aromatic heterocycles. The predicted octanol–water partition coefficient (Wildman–Crippen LogP) is 1.61. The Hall–Kier alpha value is -1.65. The summed E-state index contributed by atoms with van der Waals surface area (Å²) in [4.78, 5) is 12.3. The van der Waals surface area contributed by atoms with Crippen molar-refractivity contribution in [1.29, 1.82) is 0 Å². The number of rotatable bonds is 2. The molecule has 0 aliphatic heterocycles. The van der Waals surface area contributed by atoms with Gasteiger partial charge in [-0.25, -0.2) is 0 Å². The topological polar surface area (TPSA) is 80.9 Å². The first-order valence-corrected chi connectivity index (χ1v) is 7.59. The molecule has 20 heavy (non-hydrogen) atoms. The number of amides is 1. The van der Waals surface area contributed by atoms with Gasteiger partial charge in [-0.3, -0.25) is 4.79 Å². The number of nitrogens with zero attached hydrogens (tertiary/aromatic N) is 2. The fraction of sp³-hybridized carbons (Fsp3) is 0.667. The zero-order chi connectivity index (χ0) is 13.7. The zero-order valence-corrected chi connectivity index (χ0v) is 11.5. The van der Waals surface area contributed by atoms with E-state index < -0.39 is 0 Å². The number of carbonyl (C=O) groups excluding carboxylic acids is 1. The number of carbonyl (C=O) groups is 1. The first-order valence-electron chi connectivity index (χ1n) is 7.59. The van der Waals surface area contributed by atoms with Crippen LogP contribution in [0.15, 0.2) is 12.1 Å². The highest BCUT2D eigenvalue weighted by Gasteiger charge is 2.48. The van der Waals surface area contributed by atoms with Crippen LogP contribution in [-0.2, 0) is 0 Å². The molecular formula is C15H20N4O. The Morgan fingerprint density at radius 3 is 2.25 bits per heavy atom. The molecule has 3 N–H and O–H groups in total. The van der Waals surface area contributed by atoms with Gasteiger partial charge < -0.3 is 11.1 Å². The van der Waals surface area contributed by atoms with Crippen LogP contribution in [0.1, 0.15) is 42.6 Å². The molecule has 1 aromatic rings. The van der Waals surface area contributed by atoms with Crippen molar-refractivity contribution in [3.8, 4) is 0 Å². The van der Waals surface area contributed by atoms with E-state index in [9.17, 15) is 4.79 Å². The number of hydrogen-bond acceptors (Lipinski definition) is 4. The molecule has 4 saturated carbocycles. The molecule has 0 radical (unpaired) electrons. The van der Waals surface area contributed by atoms with Gasteiger partial charge in [0.15, 0.2) is 5.69 Å². The van der Waals surface area contributed by atoms with Crippen LogP contribution in [0.3, 0.4) is 0 Å². The van der Waals surface area contributed by atoms with Crippen molar-refractivity contribution in [2.45, 2.75) is 38.1 Å². The lowest BCUT2D eigenvalue weighted by Gasteiger charge is -2.54. The van der Waals surface area contributed by atoms with Gasteiger partial charge in [0.05, 0.1) is 0 Å². The van der Waals surface area contributed by atoms with Crippen molar-refractivity contribution in [1.82, 2.24) is 15.5 Å². The Labute approximate surface area is 118 Å². The van der Waals surface area contributed by atoms with E-state index in [1.54, 1.807) is 12.1 Å². The monoisotopic (exact) mass is 272 g/mol. The quantitative estimate of drug-likeness (QED) is 0.857. The summed E-state index contributed by atoms with van der Waals surface area (Å²) in [6, 6.07) is 3.61. The minimum atomic E-state index is -0.102. The summed E-state index contributed by atoms with van der Waals surface area (Å²) in [6.07, 6.45) is 6.62. The van der Waals surface area contributed by atoms with E-state index in [-0.39, 0.29) is 5.91 Å². The highest BCUT2D eigenvalue weighted by molar-refractivity contribution is 5.92. The zero-order valence-electron chi connectivity index (χ0n) is 11.5. The molecule has 0 unspecified atom stereocenters. The molecular weight excluding hydrogens is 252 g/mol. The number of aromatic nitrogens is 2. The molecule has 0 aromatic carbocycles. The molecule has 5 nitrogen and oxygen atoms in total. The van der Waals surface area contributed by atoms with Crippen LogP contribution in [0.5, 0.6) is 0 Å². The van der Waals surface area contributed by atoms with Gasteiger partial charge in [0, 0.05) is 6.04 Å². The van der Waals surface area contributed by atoms with Crippen LogP contribution < -0.4 is 11.1 Å². The molecule has 106 valence electrons. The molecule has 4 fully saturated rings. The summed E-state index contributed by atoms with van der Waals surface area (Å²) >= 11 is 0. The molecule has 5 heteroatoms. The van der Waals surface area contributed by atoms with Gasteiger partial charge in [-0.1, -0.05) is 0 Å². The van der Waals surface area contributed by atoms with Crippen LogP contribution in [0.4, 0.5) is 5.82 Å². The van der Waals surface area contributed by atoms with Gasteiger partial charge in [0.1, 0.15) is 5.82 Å². The molecule has 4 aliphatic carbocycles. The van der Waals surface area contributed by atoms with Gasteiger partial charge in [0.25, 0.3) is 5.91 Å². The molecule has 1 amide bonds. The van der Waals surface area contributed by atoms with E-state index >= 15 is 0 Å². The molecule has 1 heterocycles. The van der Waals surface area contributed by atoms with Gasteiger partial charge in [0.2, 0.25) is 0 Å². The molecule has 4 aliphatic rings. The lowest BCUT2D eigenvalue weighted by Crippen LogP contribution is -2.55. The maximum atomic E-state index is 12.3. The second-order valence-corrected chi connectivity index (χ2v) is 6.77. The Morgan fingerprint density at radius 2 is 1.70 bits per heavy atom. The largest absolute Gasteiger partial charge is 0.382 e. The Kier molecular flexibility index (Phi) is 2.69. The SMILES string of the molecule is Nc1ccc(C(=O)NC2C3CC4CC(C3)CC2C4)nn1. The van der Waals surface area contributed by atoms with E-state index in [0.717, 1.165) is 11.8 Å². The predicted molar refractivity (Wildman–Crippen MR) is 74.7 cm³/mol. The van der Waals surface area contributed by atoms with Crippen LogP contribution in [-0.4, -0.2) is 22.1 Å². The van der Waals surface area contributed by atoms with Crippen LogP contribution >= 0.6 is 0 Å². The van der Waals surface area contributed by atoms with Crippen LogP contribution in [0, 0.1) is 23.7 Å². The first-order chi connectivity index (χ1) is 9.69. The number of nitrogens with two attached hydrogens (primary N) is 1. The average molecular weight is 272 g/mol. The highest BCUT2D eigenvalue weighted by atomic mass is 16.2. The average Bonchev–Trinajstić information content (AvgIpc) is 2.42. The van der Waals surface area contributed by atoms with Crippen LogP contribution in [0.2, 0.25) is 0 Å². The number of nitrogen functional groups attached to an aromatic ring is 1. The second-order valence-electron chi connectivity index (χ2n) is 6.77. The van der Waals surface area contributed by atoms with Gasteiger partial charge in [-0.15, -0.1) is 10.2 Å². The smallest absolute Gasteiger partial charge is 0.272 e. The lowest BCUT2D eigenvalue weighted by atomic mass is 9.54. The maximum Gasteiger partial charge on any atom is 0.272 e. The summed E-state index contributed by atoms with van der Waals surface area (Å²) in [6.45, 7) is 0. The number of nitrogens with one attached hydrogen (secondary N) is 1. The second kappa shape index (κ2) is 4.43. The van der Waals surface area contributed by atoms with Crippen molar-refractivity contribution in [3.63, 3.8) is 0 Å². The molecule has 0 atom stereocenters.